The fourth-order valence-corrected chi connectivity index (χ4v) is 5.19. The molecule has 1 aromatic carbocycles. The number of amides is 1. The lowest BCUT2D eigenvalue weighted by Gasteiger charge is -2.20. The van der Waals surface area contributed by atoms with Crippen LogP contribution in [-0.2, 0) is 0 Å². The van der Waals surface area contributed by atoms with Gasteiger partial charge in [-0.1, -0.05) is 18.9 Å². The molecule has 5 rings (SSSR count). The summed E-state index contributed by atoms with van der Waals surface area (Å²) >= 11 is 0. The predicted molar refractivity (Wildman–Crippen MR) is 144 cm³/mol. The van der Waals surface area contributed by atoms with Gasteiger partial charge in [0.15, 0.2) is 5.82 Å². The topological polar surface area (TPSA) is 143 Å². The van der Waals surface area contributed by atoms with Crippen LogP contribution in [0.1, 0.15) is 67.2 Å². The first-order chi connectivity index (χ1) is 18.0. The number of nitrogens with two attached hydrogens (primary N) is 1. The maximum absolute atomic E-state index is 12.9. The molecule has 0 atom stereocenters. The fraction of sp³-hybridized carbons (Fsp3) is 0.321. The molecule has 37 heavy (non-hydrogen) atoms. The van der Waals surface area contributed by atoms with Crippen molar-refractivity contribution in [1.82, 2.24) is 25.1 Å². The Hall–Kier alpha value is -4.27. The van der Waals surface area contributed by atoms with E-state index >= 15 is 0 Å². The average molecular weight is 498 g/mol. The number of benzene rings is 1. The second-order valence-corrected chi connectivity index (χ2v) is 9.48. The molecule has 9 nitrogen and oxygen atoms in total. The Bertz CT molecular complexity index is 1400. The van der Waals surface area contributed by atoms with Crippen LogP contribution in [0.25, 0.3) is 22.7 Å². The molecule has 2 aliphatic carbocycles. The zero-order valence-corrected chi connectivity index (χ0v) is 20.9. The number of hydrogen-bond donors (Lipinski definition) is 4. The maximum atomic E-state index is 12.9. The lowest BCUT2D eigenvalue weighted by molar-refractivity contribution is 0.0943. The number of aromatic nitrogens is 4. The van der Waals surface area contributed by atoms with Gasteiger partial charge in [0, 0.05) is 53.6 Å². The molecule has 9 heteroatoms. The molecule has 2 aromatic heterocycles. The van der Waals surface area contributed by atoms with Crippen molar-refractivity contribution in [2.24, 2.45) is 5.92 Å². The molecule has 0 aliphatic heterocycles. The van der Waals surface area contributed by atoms with Crippen LogP contribution < -0.4 is 11.1 Å². The van der Waals surface area contributed by atoms with Gasteiger partial charge in [0.1, 0.15) is 5.75 Å². The van der Waals surface area contributed by atoms with E-state index in [1.54, 1.807) is 23.0 Å². The van der Waals surface area contributed by atoms with Crippen molar-refractivity contribution < 1.29 is 9.90 Å². The summed E-state index contributed by atoms with van der Waals surface area (Å²) in [5, 5.41) is 31.1. The van der Waals surface area contributed by atoms with Crippen LogP contribution in [0, 0.1) is 11.3 Å². The Morgan fingerprint density at radius 2 is 1.92 bits per heavy atom. The molecule has 5 N–H and O–H groups in total. The van der Waals surface area contributed by atoms with Gasteiger partial charge in [-0.3, -0.25) is 14.3 Å². The van der Waals surface area contributed by atoms with Crippen molar-refractivity contribution in [3.8, 4) is 17.1 Å². The van der Waals surface area contributed by atoms with Crippen molar-refractivity contribution in [1.29, 1.82) is 5.41 Å². The Balaban J connectivity index is 1.61. The summed E-state index contributed by atoms with van der Waals surface area (Å²) in [5.74, 6) is 0.223. The van der Waals surface area contributed by atoms with E-state index in [1.807, 2.05) is 31.2 Å². The molecule has 1 amide bonds. The Kier molecular flexibility index (Phi) is 6.85. The summed E-state index contributed by atoms with van der Waals surface area (Å²) in [5.41, 5.74) is 11.2. The molecular weight excluding hydrogens is 466 g/mol. The van der Waals surface area contributed by atoms with Crippen LogP contribution in [0.2, 0.25) is 0 Å². The smallest absolute Gasteiger partial charge is 0.289 e. The first-order valence-corrected chi connectivity index (χ1v) is 12.7. The number of phenols is 1. The molecule has 0 saturated heterocycles. The second kappa shape index (κ2) is 10.4. The molecule has 1 fully saturated rings. The third kappa shape index (κ3) is 4.76. The highest BCUT2D eigenvalue weighted by Crippen LogP contribution is 2.38. The van der Waals surface area contributed by atoms with Crippen LogP contribution in [0.3, 0.4) is 0 Å². The summed E-state index contributed by atoms with van der Waals surface area (Å²) in [6, 6.07) is 7.13. The fourth-order valence-electron chi connectivity index (χ4n) is 5.19. The normalized spacial score (nSPS) is 15.8. The summed E-state index contributed by atoms with van der Waals surface area (Å²) in [6.45, 7) is 2.29. The SMILES string of the molecule is CCNC(=O)c1nnc(-c2cc(C(=N)C3CCCC3)c(N)cc2O)n1C1=CC=C(c2ccncc2)CC1. The van der Waals surface area contributed by atoms with E-state index in [0.29, 0.717) is 41.3 Å². The number of rotatable bonds is 7. The lowest BCUT2D eigenvalue weighted by Crippen LogP contribution is -2.26. The summed E-state index contributed by atoms with van der Waals surface area (Å²) < 4.78 is 1.71. The molecule has 0 bridgehead atoms. The first kappa shape index (κ1) is 24.4. The van der Waals surface area contributed by atoms with Crippen molar-refractivity contribution in [2.75, 3.05) is 12.3 Å². The minimum Gasteiger partial charge on any atom is -0.507 e. The van der Waals surface area contributed by atoms with E-state index in [2.05, 4.69) is 20.5 Å². The minimum absolute atomic E-state index is 0.0685. The second-order valence-electron chi connectivity index (χ2n) is 9.48. The number of pyridine rings is 1. The number of nitrogens with zero attached hydrogens (tertiary/aromatic N) is 4. The molecule has 3 aromatic rings. The van der Waals surface area contributed by atoms with E-state index in [0.717, 1.165) is 43.4 Å². The molecule has 0 radical (unpaired) electrons. The first-order valence-electron chi connectivity index (χ1n) is 12.7. The summed E-state index contributed by atoms with van der Waals surface area (Å²) in [7, 11) is 0. The zero-order chi connectivity index (χ0) is 25.9. The minimum atomic E-state index is -0.347. The van der Waals surface area contributed by atoms with Gasteiger partial charge >= 0.3 is 0 Å². The standard InChI is InChI=1S/C28H31N7O2/c1-2-32-28(37)27-34-33-26(35(27)20-9-7-17(8-10-20)18-11-13-31-14-12-18)22-15-21(23(29)16-24(22)36)25(30)19-5-3-4-6-19/h7,9,11-16,19,30,36H,2-6,8,10,29H2,1H3,(H,32,37). The van der Waals surface area contributed by atoms with Crippen molar-refractivity contribution in [2.45, 2.75) is 45.4 Å². The van der Waals surface area contributed by atoms with Gasteiger partial charge in [-0.25, -0.2) is 0 Å². The number of carbonyl (C=O) groups is 1. The van der Waals surface area contributed by atoms with Gasteiger partial charge in [-0.2, -0.15) is 0 Å². The van der Waals surface area contributed by atoms with E-state index in [1.165, 1.54) is 11.6 Å². The average Bonchev–Trinajstić information content (AvgIpc) is 3.60. The Labute approximate surface area is 215 Å². The number of allylic oxidation sites excluding steroid dienone is 4. The monoisotopic (exact) mass is 497 g/mol. The predicted octanol–water partition coefficient (Wildman–Crippen LogP) is 4.65. The summed E-state index contributed by atoms with van der Waals surface area (Å²) in [4.78, 5) is 17.0. The van der Waals surface area contributed by atoms with Crippen LogP contribution >= 0.6 is 0 Å². The lowest BCUT2D eigenvalue weighted by atomic mass is 9.92. The van der Waals surface area contributed by atoms with Crippen molar-refractivity contribution in [3.63, 3.8) is 0 Å². The zero-order valence-electron chi connectivity index (χ0n) is 20.9. The van der Waals surface area contributed by atoms with Crippen molar-refractivity contribution >= 4 is 28.6 Å². The molecular formula is C28H31N7O2. The van der Waals surface area contributed by atoms with Gasteiger partial charge in [0.25, 0.3) is 5.91 Å². The largest absolute Gasteiger partial charge is 0.507 e. The molecule has 0 unspecified atom stereocenters. The molecule has 2 heterocycles. The van der Waals surface area contributed by atoms with Crippen LogP contribution in [0.4, 0.5) is 5.69 Å². The molecule has 0 spiro atoms. The van der Waals surface area contributed by atoms with Crippen LogP contribution in [0.15, 0.2) is 48.8 Å². The van der Waals surface area contributed by atoms with Gasteiger partial charge in [0.2, 0.25) is 5.82 Å². The van der Waals surface area contributed by atoms with E-state index in [-0.39, 0.29) is 23.4 Å². The molecule has 1 saturated carbocycles. The highest BCUT2D eigenvalue weighted by atomic mass is 16.3. The summed E-state index contributed by atoms with van der Waals surface area (Å²) in [6.07, 6.45) is 13.1. The highest BCUT2D eigenvalue weighted by Gasteiger charge is 2.27. The highest BCUT2D eigenvalue weighted by molar-refractivity contribution is 6.05. The van der Waals surface area contributed by atoms with Gasteiger partial charge in [0.05, 0.1) is 5.56 Å². The molecule has 190 valence electrons. The third-order valence-electron chi connectivity index (χ3n) is 7.13. The quantitative estimate of drug-likeness (QED) is 0.276. The number of nitrogens with one attached hydrogen (secondary N) is 2. The van der Waals surface area contributed by atoms with Crippen LogP contribution in [0.5, 0.6) is 5.75 Å². The number of aromatic hydroxyl groups is 1. The van der Waals surface area contributed by atoms with E-state index in [4.69, 9.17) is 11.1 Å². The van der Waals surface area contributed by atoms with Gasteiger partial charge < -0.3 is 21.6 Å². The maximum Gasteiger partial charge on any atom is 0.289 e. The van der Waals surface area contributed by atoms with E-state index in [9.17, 15) is 9.90 Å². The van der Waals surface area contributed by atoms with E-state index < -0.39 is 0 Å². The molecule has 2 aliphatic rings. The van der Waals surface area contributed by atoms with Gasteiger partial charge in [-0.05, 0) is 68.0 Å². The van der Waals surface area contributed by atoms with Crippen molar-refractivity contribution in [3.05, 3.63) is 65.8 Å². The third-order valence-corrected chi connectivity index (χ3v) is 7.13. The number of phenolic OH excluding ortho intramolecular Hbond substituents is 1. The van der Waals surface area contributed by atoms with Gasteiger partial charge in [-0.15, -0.1) is 10.2 Å². The Morgan fingerprint density at radius 1 is 1.16 bits per heavy atom. The number of anilines is 1. The van der Waals surface area contributed by atoms with Crippen LogP contribution in [-0.4, -0.2) is 43.0 Å². The number of carbonyl (C=O) groups excluding carboxylic acids is 1. The Morgan fingerprint density at radius 3 is 2.59 bits per heavy atom. The number of hydrogen-bond acceptors (Lipinski definition) is 7. The number of nitrogen functional groups attached to an aromatic ring is 1.